The van der Waals surface area contributed by atoms with Gasteiger partial charge in [-0.3, -0.25) is 0 Å². The lowest BCUT2D eigenvalue weighted by Gasteiger charge is -2.34. The fourth-order valence-corrected chi connectivity index (χ4v) is 3.42. The highest BCUT2D eigenvalue weighted by atomic mass is 15.2. The van der Waals surface area contributed by atoms with Gasteiger partial charge in [0.2, 0.25) is 0 Å². The van der Waals surface area contributed by atoms with Crippen molar-refractivity contribution in [2.45, 2.75) is 37.6 Å². The van der Waals surface area contributed by atoms with Crippen molar-refractivity contribution < 1.29 is 0 Å². The Kier molecular flexibility index (Phi) is 2.89. The van der Waals surface area contributed by atoms with Gasteiger partial charge < -0.3 is 10.2 Å². The van der Waals surface area contributed by atoms with Gasteiger partial charge in [-0.25, -0.2) is 0 Å². The Labute approximate surface area is 116 Å². The van der Waals surface area contributed by atoms with Crippen LogP contribution < -0.4 is 5.32 Å². The average Bonchev–Trinajstić information content (AvgIpc) is 3.29. The van der Waals surface area contributed by atoms with Crippen molar-refractivity contribution in [1.82, 2.24) is 10.2 Å². The summed E-state index contributed by atoms with van der Waals surface area (Å²) < 4.78 is 0. The van der Waals surface area contributed by atoms with Gasteiger partial charge in [-0.15, -0.1) is 0 Å². The minimum atomic E-state index is 0.643. The summed E-state index contributed by atoms with van der Waals surface area (Å²) >= 11 is 0. The van der Waals surface area contributed by atoms with Gasteiger partial charge in [0.1, 0.15) is 0 Å². The second-order valence-electron chi connectivity index (χ2n) is 6.87. The number of rotatable bonds is 6. The molecule has 0 spiro atoms. The third-order valence-electron chi connectivity index (χ3n) is 5.22. The van der Waals surface area contributed by atoms with Crippen molar-refractivity contribution in [3.8, 4) is 0 Å². The molecule has 2 nitrogen and oxygen atoms in total. The molecule has 1 saturated heterocycles. The first-order valence-corrected chi connectivity index (χ1v) is 7.85. The Balaban J connectivity index is 1.26. The van der Waals surface area contributed by atoms with Crippen molar-refractivity contribution in [1.29, 1.82) is 0 Å². The monoisotopic (exact) mass is 256 g/mol. The van der Waals surface area contributed by atoms with Gasteiger partial charge in [-0.1, -0.05) is 30.3 Å². The first-order chi connectivity index (χ1) is 9.35. The number of nitrogens with zero attached hydrogens (tertiary/aromatic N) is 1. The van der Waals surface area contributed by atoms with Gasteiger partial charge in [0.15, 0.2) is 0 Å². The molecule has 2 saturated carbocycles. The smallest absolute Gasteiger partial charge is 0.0143 e. The van der Waals surface area contributed by atoms with Crippen LogP contribution in [0.15, 0.2) is 30.3 Å². The minimum absolute atomic E-state index is 0.643. The summed E-state index contributed by atoms with van der Waals surface area (Å²) in [4.78, 5) is 2.64. The molecule has 0 bridgehead atoms. The van der Waals surface area contributed by atoms with Crippen LogP contribution in [0, 0.1) is 5.41 Å². The summed E-state index contributed by atoms with van der Waals surface area (Å²) in [7, 11) is 0. The lowest BCUT2D eigenvalue weighted by atomic mass is 10.0. The van der Waals surface area contributed by atoms with Crippen LogP contribution in [0.25, 0.3) is 0 Å². The number of hydrogen-bond acceptors (Lipinski definition) is 2. The fraction of sp³-hybridized carbons (Fsp3) is 0.647. The average molecular weight is 256 g/mol. The molecule has 102 valence electrons. The molecule has 0 aromatic heterocycles. The van der Waals surface area contributed by atoms with Crippen molar-refractivity contribution in [2.75, 3.05) is 26.2 Å². The van der Waals surface area contributed by atoms with E-state index in [4.69, 9.17) is 0 Å². The summed E-state index contributed by atoms with van der Waals surface area (Å²) in [6.07, 6.45) is 5.64. The second-order valence-corrected chi connectivity index (χ2v) is 6.87. The summed E-state index contributed by atoms with van der Waals surface area (Å²) in [5.74, 6) is 0.779. The van der Waals surface area contributed by atoms with E-state index in [-0.39, 0.29) is 0 Å². The molecule has 0 unspecified atom stereocenters. The Morgan fingerprint density at radius 2 is 1.95 bits per heavy atom. The number of benzene rings is 1. The Morgan fingerprint density at radius 3 is 2.58 bits per heavy atom. The van der Waals surface area contributed by atoms with Crippen LogP contribution in [0.2, 0.25) is 0 Å². The second kappa shape index (κ2) is 4.60. The molecule has 1 aromatic carbocycles. The topological polar surface area (TPSA) is 15.3 Å². The van der Waals surface area contributed by atoms with Crippen LogP contribution >= 0.6 is 0 Å². The van der Waals surface area contributed by atoms with Gasteiger partial charge in [0, 0.05) is 25.0 Å². The van der Waals surface area contributed by atoms with Crippen molar-refractivity contribution in [2.24, 2.45) is 5.41 Å². The molecular formula is C17H24N2. The van der Waals surface area contributed by atoms with E-state index >= 15 is 0 Å². The summed E-state index contributed by atoms with van der Waals surface area (Å²) in [6, 6.07) is 11.7. The third-order valence-corrected chi connectivity index (χ3v) is 5.22. The predicted octanol–water partition coefficient (Wildman–Crippen LogP) is 2.62. The summed E-state index contributed by atoms with van der Waals surface area (Å²) in [6.45, 7) is 5.29. The standard InChI is InChI=1S/C17H24N2/c1-2-5-14(6-3-1)15-11-16(15)18-12-17(7-8-17)13-19-9-4-10-19/h1-3,5-6,15-16,18H,4,7-13H2/t15-,16+/m1/s1. The lowest BCUT2D eigenvalue weighted by Crippen LogP contribution is -2.43. The van der Waals surface area contributed by atoms with E-state index in [2.05, 4.69) is 40.5 Å². The molecule has 2 aliphatic carbocycles. The highest BCUT2D eigenvalue weighted by molar-refractivity contribution is 5.27. The van der Waals surface area contributed by atoms with Crippen LogP contribution in [-0.4, -0.2) is 37.1 Å². The SMILES string of the molecule is c1ccc([C@H]2C[C@@H]2NCC2(CN3CCC3)CC2)cc1. The number of nitrogens with one attached hydrogen (secondary N) is 1. The van der Waals surface area contributed by atoms with E-state index in [1.807, 2.05) is 0 Å². The highest BCUT2D eigenvalue weighted by Crippen LogP contribution is 2.48. The van der Waals surface area contributed by atoms with E-state index in [9.17, 15) is 0 Å². The third kappa shape index (κ3) is 2.56. The van der Waals surface area contributed by atoms with Gasteiger partial charge in [0.05, 0.1) is 0 Å². The molecular weight excluding hydrogens is 232 g/mol. The van der Waals surface area contributed by atoms with E-state index in [0.717, 1.165) is 12.0 Å². The Bertz CT molecular complexity index is 434. The van der Waals surface area contributed by atoms with E-state index in [1.54, 1.807) is 0 Å². The maximum absolute atomic E-state index is 3.83. The molecule has 3 fully saturated rings. The van der Waals surface area contributed by atoms with E-state index < -0.39 is 0 Å². The highest BCUT2D eigenvalue weighted by Gasteiger charge is 2.46. The fourth-order valence-electron chi connectivity index (χ4n) is 3.42. The molecule has 4 rings (SSSR count). The molecule has 1 aliphatic heterocycles. The van der Waals surface area contributed by atoms with Crippen LogP contribution in [0.5, 0.6) is 0 Å². The first kappa shape index (κ1) is 11.9. The van der Waals surface area contributed by atoms with E-state index in [1.165, 1.54) is 57.4 Å². The van der Waals surface area contributed by atoms with Crippen LogP contribution in [0.3, 0.4) is 0 Å². The molecule has 1 heterocycles. The largest absolute Gasteiger partial charge is 0.313 e. The van der Waals surface area contributed by atoms with Gasteiger partial charge in [0.25, 0.3) is 0 Å². The van der Waals surface area contributed by atoms with Crippen LogP contribution in [-0.2, 0) is 0 Å². The summed E-state index contributed by atoms with van der Waals surface area (Å²) in [5, 5.41) is 3.83. The zero-order valence-corrected chi connectivity index (χ0v) is 11.6. The summed E-state index contributed by atoms with van der Waals surface area (Å²) in [5.41, 5.74) is 2.16. The maximum atomic E-state index is 3.83. The molecule has 0 amide bonds. The minimum Gasteiger partial charge on any atom is -0.313 e. The zero-order chi connectivity index (χ0) is 12.7. The van der Waals surface area contributed by atoms with Crippen molar-refractivity contribution in [3.05, 3.63) is 35.9 Å². The maximum Gasteiger partial charge on any atom is 0.0143 e. The molecule has 2 atom stereocenters. The first-order valence-electron chi connectivity index (χ1n) is 7.85. The van der Waals surface area contributed by atoms with Gasteiger partial charge in [-0.05, 0) is 49.8 Å². The van der Waals surface area contributed by atoms with Crippen molar-refractivity contribution >= 4 is 0 Å². The van der Waals surface area contributed by atoms with Gasteiger partial charge in [-0.2, -0.15) is 0 Å². The molecule has 0 radical (unpaired) electrons. The van der Waals surface area contributed by atoms with Crippen LogP contribution in [0.1, 0.15) is 37.2 Å². The van der Waals surface area contributed by atoms with E-state index in [0.29, 0.717) is 5.41 Å². The molecule has 3 aliphatic rings. The van der Waals surface area contributed by atoms with Crippen molar-refractivity contribution in [3.63, 3.8) is 0 Å². The normalized spacial score (nSPS) is 31.8. The Morgan fingerprint density at radius 1 is 1.16 bits per heavy atom. The predicted molar refractivity (Wildman–Crippen MR) is 78.3 cm³/mol. The molecule has 19 heavy (non-hydrogen) atoms. The number of hydrogen-bond donors (Lipinski definition) is 1. The quantitative estimate of drug-likeness (QED) is 0.841. The Hall–Kier alpha value is -0.860. The lowest BCUT2D eigenvalue weighted by molar-refractivity contribution is 0.142. The zero-order valence-electron chi connectivity index (χ0n) is 11.6. The molecule has 1 N–H and O–H groups in total. The van der Waals surface area contributed by atoms with Gasteiger partial charge >= 0.3 is 0 Å². The molecule has 1 aromatic rings. The number of likely N-dealkylation sites (tertiary alicyclic amines) is 1. The van der Waals surface area contributed by atoms with Crippen LogP contribution in [0.4, 0.5) is 0 Å². The molecule has 2 heteroatoms.